The maximum Gasteiger partial charge on any atom is 0.258 e. The number of nitrogens with zero attached hydrogens (tertiary/aromatic N) is 3. The molecule has 0 fully saturated rings. The summed E-state index contributed by atoms with van der Waals surface area (Å²) in [5.74, 6) is 0. The minimum atomic E-state index is -0.153. The topological polar surface area (TPSA) is 63.0 Å². The molecule has 6 heteroatoms. The van der Waals surface area contributed by atoms with Gasteiger partial charge in [0.2, 0.25) is 0 Å². The summed E-state index contributed by atoms with van der Waals surface area (Å²) in [7, 11) is 0. The average molecular weight is 268 g/mol. The van der Waals surface area contributed by atoms with Crippen LogP contribution in [0.2, 0.25) is 0 Å². The van der Waals surface area contributed by atoms with Crippen molar-refractivity contribution in [1.82, 2.24) is 19.6 Å². The van der Waals surface area contributed by atoms with Gasteiger partial charge in [0.1, 0.15) is 0 Å². The number of rotatable bonds is 1. The second-order valence-electron chi connectivity index (χ2n) is 4.17. The second-order valence-corrected chi connectivity index (χ2v) is 4.95. The van der Waals surface area contributed by atoms with E-state index in [1.54, 1.807) is 34.4 Å². The fourth-order valence-electron chi connectivity index (χ4n) is 2.18. The number of hydrogen-bond acceptors (Lipinski definition) is 4. The van der Waals surface area contributed by atoms with E-state index in [4.69, 9.17) is 0 Å². The molecule has 0 aliphatic rings. The molecule has 4 aromatic heterocycles. The third-order valence-electron chi connectivity index (χ3n) is 3.10. The average Bonchev–Trinajstić information content (AvgIpc) is 3.07. The third-order valence-corrected chi connectivity index (χ3v) is 3.78. The number of pyridine rings is 1. The van der Waals surface area contributed by atoms with Crippen LogP contribution in [0, 0.1) is 0 Å². The number of aromatic amines is 1. The second kappa shape index (κ2) is 3.76. The van der Waals surface area contributed by atoms with Crippen molar-refractivity contribution in [2.45, 2.75) is 0 Å². The molecule has 0 bridgehead atoms. The zero-order valence-electron chi connectivity index (χ0n) is 9.70. The van der Waals surface area contributed by atoms with Crippen molar-refractivity contribution in [3.63, 3.8) is 0 Å². The Balaban J connectivity index is 2.15. The van der Waals surface area contributed by atoms with Crippen LogP contribution in [0.25, 0.3) is 27.7 Å². The molecule has 0 aliphatic carbocycles. The molecule has 0 radical (unpaired) electrons. The van der Waals surface area contributed by atoms with Crippen LogP contribution < -0.4 is 5.56 Å². The van der Waals surface area contributed by atoms with Gasteiger partial charge >= 0.3 is 0 Å². The molecule has 0 aromatic carbocycles. The van der Waals surface area contributed by atoms with Gasteiger partial charge in [-0.15, -0.1) is 0 Å². The Kier molecular flexibility index (Phi) is 2.07. The molecule has 4 aromatic rings. The predicted molar refractivity (Wildman–Crippen MR) is 74.4 cm³/mol. The Morgan fingerprint density at radius 3 is 3.05 bits per heavy atom. The molecule has 4 heterocycles. The lowest BCUT2D eigenvalue weighted by Crippen LogP contribution is -2.07. The first-order chi connectivity index (χ1) is 9.34. The quantitative estimate of drug-likeness (QED) is 0.576. The number of thiophene rings is 1. The first kappa shape index (κ1) is 10.5. The largest absolute Gasteiger partial charge is 0.328 e. The Hall–Kier alpha value is -2.47. The van der Waals surface area contributed by atoms with E-state index in [0.29, 0.717) is 5.39 Å². The molecule has 0 saturated heterocycles. The van der Waals surface area contributed by atoms with Crippen molar-refractivity contribution < 1.29 is 0 Å². The fraction of sp³-hybridized carbons (Fsp3) is 0. The normalized spacial score (nSPS) is 11.4. The van der Waals surface area contributed by atoms with Gasteiger partial charge in [-0.1, -0.05) is 0 Å². The highest BCUT2D eigenvalue weighted by Crippen LogP contribution is 2.26. The summed E-state index contributed by atoms with van der Waals surface area (Å²) >= 11 is 1.63. The Morgan fingerprint density at radius 2 is 2.21 bits per heavy atom. The maximum atomic E-state index is 11.7. The van der Waals surface area contributed by atoms with Gasteiger partial charge in [0.15, 0.2) is 5.65 Å². The molecule has 19 heavy (non-hydrogen) atoms. The molecule has 1 N–H and O–H groups in total. The monoisotopic (exact) mass is 268 g/mol. The minimum Gasteiger partial charge on any atom is -0.328 e. The summed E-state index contributed by atoms with van der Waals surface area (Å²) in [4.78, 5) is 18.7. The summed E-state index contributed by atoms with van der Waals surface area (Å²) in [5, 5.41) is 8.96. The van der Waals surface area contributed by atoms with Crippen molar-refractivity contribution in [3.8, 4) is 11.1 Å². The van der Waals surface area contributed by atoms with Crippen molar-refractivity contribution in [3.05, 3.63) is 51.8 Å². The van der Waals surface area contributed by atoms with Crippen molar-refractivity contribution in [2.24, 2.45) is 0 Å². The zero-order chi connectivity index (χ0) is 12.8. The van der Waals surface area contributed by atoms with Crippen LogP contribution in [-0.2, 0) is 0 Å². The summed E-state index contributed by atoms with van der Waals surface area (Å²) in [6, 6.07) is 3.86. The van der Waals surface area contributed by atoms with E-state index in [1.165, 1.54) is 0 Å². The highest BCUT2D eigenvalue weighted by Gasteiger charge is 2.11. The Morgan fingerprint density at radius 1 is 1.26 bits per heavy atom. The molecule has 92 valence electrons. The van der Waals surface area contributed by atoms with Crippen LogP contribution in [-0.4, -0.2) is 19.6 Å². The van der Waals surface area contributed by atoms with Gasteiger partial charge in [-0.25, -0.2) is 9.50 Å². The summed E-state index contributed by atoms with van der Waals surface area (Å²) < 4.78 is 1.71. The van der Waals surface area contributed by atoms with E-state index in [1.807, 2.05) is 17.5 Å². The molecule has 0 saturated carbocycles. The smallest absolute Gasteiger partial charge is 0.258 e. The molecule has 0 amide bonds. The van der Waals surface area contributed by atoms with Gasteiger partial charge in [-0.05, 0) is 28.5 Å². The van der Waals surface area contributed by atoms with E-state index < -0.39 is 0 Å². The van der Waals surface area contributed by atoms with E-state index >= 15 is 0 Å². The van der Waals surface area contributed by atoms with E-state index in [-0.39, 0.29) is 5.56 Å². The number of aromatic nitrogens is 4. The minimum absolute atomic E-state index is 0.153. The van der Waals surface area contributed by atoms with Crippen molar-refractivity contribution in [1.29, 1.82) is 0 Å². The zero-order valence-corrected chi connectivity index (χ0v) is 10.5. The highest BCUT2D eigenvalue weighted by atomic mass is 32.1. The number of fused-ring (bicyclic) bond motifs is 3. The highest BCUT2D eigenvalue weighted by molar-refractivity contribution is 7.08. The van der Waals surface area contributed by atoms with Gasteiger partial charge in [0.25, 0.3) is 5.56 Å². The number of H-pyrrole nitrogens is 1. The lowest BCUT2D eigenvalue weighted by Gasteiger charge is -2.00. The molecule has 0 aliphatic heterocycles. The molecular formula is C13H8N4OS. The lowest BCUT2D eigenvalue weighted by molar-refractivity contribution is 0.979. The van der Waals surface area contributed by atoms with E-state index in [9.17, 15) is 4.79 Å². The Labute approximate surface area is 111 Å². The van der Waals surface area contributed by atoms with Gasteiger partial charge in [0, 0.05) is 18.0 Å². The van der Waals surface area contributed by atoms with Gasteiger partial charge in [-0.3, -0.25) is 4.79 Å². The van der Waals surface area contributed by atoms with Crippen LogP contribution in [0.15, 0.2) is 46.3 Å². The molecule has 5 nitrogen and oxygen atoms in total. The van der Waals surface area contributed by atoms with Crippen LogP contribution in [0.1, 0.15) is 0 Å². The third kappa shape index (κ3) is 1.43. The summed E-state index contributed by atoms with van der Waals surface area (Å²) in [5.41, 5.74) is 3.44. The summed E-state index contributed by atoms with van der Waals surface area (Å²) in [6.07, 6.45) is 5.00. The first-order valence-corrected chi connectivity index (χ1v) is 6.65. The molecule has 0 spiro atoms. The molecule has 4 rings (SSSR count). The number of hydrogen-bond donors (Lipinski definition) is 1. The lowest BCUT2D eigenvalue weighted by atomic mass is 10.2. The Bertz CT molecular complexity index is 936. The number of nitrogens with one attached hydrogen (secondary N) is 1. The van der Waals surface area contributed by atoms with E-state index in [2.05, 4.69) is 20.4 Å². The first-order valence-electron chi connectivity index (χ1n) is 5.71. The SMILES string of the molecule is O=c1[nH]ccc2c1cnc1c(-c3ccsc3)cnn12. The standard InChI is InChI=1S/C13H8N4OS/c18-13-10-5-15-12-9(8-2-4-19-7-8)6-16-17(12)11(10)1-3-14-13/h1-7H,(H,14,18). The van der Waals surface area contributed by atoms with E-state index in [0.717, 1.165) is 22.3 Å². The van der Waals surface area contributed by atoms with Crippen LogP contribution in [0.5, 0.6) is 0 Å². The van der Waals surface area contributed by atoms with Crippen LogP contribution in [0.3, 0.4) is 0 Å². The van der Waals surface area contributed by atoms with Crippen molar-refractivity contribution in [2.75, 3.05) is 0 Å². The summed E-state index contributed by atoms with van der Waals surface area (Å²) in [6.45, 7) is 0. The molecule has 0 unspecified atom stereocenters. The van der Waals surface area contributed by atoms with Gasteiger partial charge in [-0.2, -0.15) is 16.4 Å². The fourth-order valence-corrected chi connectivity index (χ4v) is 2.84. The van der Waals surface area contributed by atoms with Gasteiger partial charge < -0.3 is 4.98 Å². The van der Waals surface area contributed by atoms with Gasteiger partial charge in [0.05, 0.1) is 17.1 Å². The van der Waals surface area contributed by atoms with Crippen LogP contribution in [0.4, 0.5) is 0 Å². The maximum absolute atomic E-state index is 11.7. The van der Waals surface area contributed by atoms with Crippen LogP contribution >= 0.6 is 11.3 Å². The van der Waals surface area contributed by atoms with Crippen molar-refractivity contribution >= 4 is 27.9 Å². The predicted octanol–water partition coefficient (Wildman–Crippen LogP) is 2.30. The molecule has 0 atom stereocenters. The molecular weight excluding hydrogens is 260 g/mol.